The summed E-state index contributed by atoms with van der Waals surface area (Å²) in [6.07, 6.45) is -0.203. The van der Waals surface area contributed by atoms with Crippen molar-refractivity contribution in [3.63, 3.8) is 0 Å². The predicted molar refractivity (Wildman–Crippen MR) is 176 cm³/mol. The number of likely N-dealkylation sites (N-methyl/N-ethyl adjacent to an activating group) is 1. The van der Waals surface area contributed by atoms with E-state index in [-0.39, 0.29) is 49.8 Å². The summed E-state index contributed by atoms with van der Waals surface area (Å²) < 4.78 is 6.56. The highest BCUT2D eigenvalue weighted by molar-refractivity contribution is 6.01. The lowest BCUT2D eigenvalue weighted by molar-refractivity contribution is -0.134. The van der Waals surface area contributed by atoms with Gasteiger partial charge < -0.3 is 30.3 Å². The van der Waals surface area contributed by atoms with E-state index >= 15 is 0 Å². The summed E-state index contributed by atoms with van der Waals surface area (Å²) in [6.45, 7) is 4.21. The van der Waals surface area contributed by atoms with Gasteiger partial charge in [-0.2, -0.15) is 0 Å². The van der Waals surface area contributed by atoms with Crippen LogP contribution in [0.5, 0.6) is 5.75 Å². The number of benzene rings is 4. The molecule has 1 heterocycles. The number of anilines is 2. The van der Waals surface area contributed by atoms with Crippen molar-refractivity contribution in [2.75, 3.05) is 37.4 Å². The standard InChI is InChI=1S/C36H40N4O5/c1-24-21-40(25(2)23-41)35(43)20-28-19-29(37-34(42)18-26-10-5-4-6-11-26)16-17-32(28)45-33(24)22-39(3)36(44)38-31-15-9-13-27-12-7-8-14-30(27)31/h4-17,19,24-25,33,41H,18,20-23H2,1-3H3,(H,37,42)(H,38,44)/t24-,25-,33-/m1/s1. The van der Waals surface area contributed by atoms with Crippen LogP contribution in [0.2, 0.25) is 0 Å². The van der Waals surface area contributed by atoms with Gasteiger partial charge in [-0.05, 0) is 42.1 Å². The highest BCUT2D eigenvalue weighted by Crippen LogP contribution is 2.30. The number of ether oxygens (including phenoxy) is 1. The Morgan fingerprint density at radius 2 is 1.73 bits per heavy atom. The van der Waals surface area contributed by atoms with E-state index in [1.54, 1.807) is 35.0 Å². The Hall–Kier alpha value is -4.89. The first-order valence-corrected chi connectivity index (χ1v) is 15.3. The number of hydrogen-bond donors (Lipinski definition) is 3. The molecule has 3 atom stereocenters. The average Bonchev–Trinajstić information content (AvgIpc) is 3.08. The number of carbonyl (C=O) groups is 3. The Morgan fingerprint density at radius 1 is 1.00 bits per heavy atom. The fourth-order valence-corrected chi connectivity index (χ4v) is 5.61. The summed E-state index contributed by atoms with van der Waals surface area (Å²) in [5, 5.41) is 17.9. The molecule has 5 rings (SSSR count). The molecule has 1 aliphatic rings. The van der Waals surface area contributed by atoms with Gasteiger partial charge in [-0.3, -0.25) is 9.59 Å². The van der Waals surface area contributed by atoms with Gasteiger partial charge in [0.2, 0.25) is 11.8 Å². The smallest absolute Gasteiger partial charge is 0.321 e. The van der Waals surface area contributed by atoms with E-state index in [4.69, 9.17) is 4.74 Å². The summed E-state index contributed by atoms with van der Waals surface area (Å²) in [4.78, 5) is 42.9. The summed E-state index contributed by atoms with van der Waals surface area (Å²) in [5.74, 6) is 0.0237. The second kappa shape index (κ2) is 14.3. The fraction of sp³-hybridized carbons (Fsp3) is 0.306. The molecular formula is C36H40N4O5. The van der Waals surface area contributed by atoms with Crippen molar-refractivity contribution in [1.29, 1.82) is 0 Å². The number of nitrogens with zero attached hydrogens (tertiary/aromatic N) is 2. The minimum absolute atomic E-state index is 0.0406. The second-order valence-electron chi connectivity index (χ2n) is 11.8. The van der Waals surface area contributed by atoms with Crippen molar-refractivity contribution in [2.45, 2.75) is 38.8 Å². The minimum atomic E-state index is -0.468. The number of fused-ring (bicyclic) bond motifs is 2. The number of hydrogen-bond acceptors (Lipinski definition) is 5. The monoisotopic (exact) mass is 608 g/mol. The van der Waals surface area contributed by atoms with Gasteiger partial charge in [0.05, 0.1) is 37.7 Å². The van der Waals surface area contributed by atoms with E-state index in [2.05, 4.69) is 10.6 Å². The average molecular weight is 609 g/mol. The van der Waals surface area contributed by atoms with Gasteiger partial charge in [0.15, 0.2) is 0 Å². The Morgan fingerprint density at radius 3 is 2.51 bits per heavy atom. The van der Waals surface area contributed by atoms with Crippen molar-refractivity contribution in [1.82, 2.24) is 9.80 Å². The van der Waals surface area contributed by atoms with Crippen LogP contribution in [0.3, 0.4) is 0 Å². The Balaban J connectivity index is 1.36. The molecule has 0 spiro atoms. The third-order valence-electron chi connectivity index (χ3n) is 8.24. The summed E-state index contributed by atoms with van der Waals surface area (Å²) in [7, 11) is 1.72. The quantitative estimate of drug-likeness (QED) is 0.250. The first-order chi connectivity index (χ1) is 21.7. The molecule has 45 heavy (non-hydrogen) atoms. The first-order valence-electron chi connectivity index (χ1n) is 15.3. The van der Waals surface area contributed by atoms with E-state index in [0.717, 1.165) is 16.3 Å². The summed E-state index contributed by atoms with van der Waals surface area (Å²) in [6, 6.07) is 27.7. The van der Waals surface area contributed by atoms with Gasteiger partial charge >= 0.3 is 6.03 Å². The molecule has 4 aromatic carbocycles. The first kappa shape index (κ1) is 31.5. The largest absolute Gasteiger partial charge is 0.488 e. The van der Waals surface area contributed by atoms with Crippen LogP contribution < -0.4 is 15.4 Å². The number of amides is 4. The molecule has 0 fully saturated rings. The second-order valence-corrected chi connectivity index (χ2v) is 11.8. The molecule has 1 aliphatic heterocycles. The molecule has 4 aromatic rings. The lowest BCUT2D eigenvalue weighted by Gasteiger charge is -2.34. The van der Waals surface area contributed by atoms with Crippen molar-refractivity contribution in [2.24, 2.45) is 5.92 Å². The topological polar surface area (TPSA) is 111 Å². The van der Waals surface area contributed by atoms with Crippen molar-refractivity contribution >= 4 is 40.0 Å². The minimum Gasteiger partial charge on any atom is -0.488 e. The molecule has 234 valence electrons. The van der Waals surface area contributed by atoms with Gasteiger partial charge in [0.25, 0.3) is 0 Å². The molecule has 0 bridgehead atoms. The lowest BCUT2D eigenvalue weighted by Crippen LogP contribution is -2.48. The van der Waals surface area contributed by atoms with E-state index < -0.39 is 12.1 Å². The Kier molecular flexibility index (Phi) is 9.99. The maximum atomic E-state index is 13.5. The van der Waals surface area contributed by atoms with Crippen LogP contribution in [0.1, 0.15) is 25.0 Å². The maximum Gasteiger partial charge on any atom is 0.321 e. The number of rotatable bonds is 8. The van der Waals surface area contributed by atoms with Crippen molar-refractivity contribution < 1.29 is 24.2 Å². The summed E-state index contributed by atoms with van der Waals surface area (Å²) in [5.41, 5.74) is 2.79. The van der Waals surface area contributed by atoms with Gasteiger partial charge in [0, 0.05) is 36.1 Å². The van der Waals surface area contributed by atoms with Crippen LogP contribution in [0.25, 0.3) is 10.8 Å². The molecule has 0 aliphatic carbocycles. The third kappa shape index (κ3) is 7.80. The highest BCUT2D eigenvalue weighted by atomic mass is 16.5. The van der Waals surface area contributed by atoms with Crippen LogP contribution in [-0.2, 0) is 22.4 Å². The number of urea groups is 1. The number of aliphatic hydroxyl groups excluding tert-OH is 1. The molecule has 0 unspecified atom stereocenters. The zero-order valence-corrected chi connectivity index (χ0v) is 25.9. The maximum absolute atomic E-state index is 13.5. The Bertz CT molecular complexity index is 1650. The molecule has 3 N–H and O–H groups in total. The van der Waals surface area contributed by atoms with Crippen molar-refractivity contribution in [3.05, 3.63) is 102 Å². The third-order valence-corrected chi connectivity index (χ3v) is 8.24. The number of carbonyl (C=O) groups excluding carboxylic acids is 3. The van der Waals surface area contributed by atoms with Crippen LogP contribution in [0.15, 0.2) is 91.0 Å². The Labute approximate surface area is 263 Å². The normalized spacial score (nSPS) is 17.2. The van der Waals surface area contributed by atoms with Gasteiger partial charge in [-0.15, -0.1) is 0 Å². The predicted octanol–water partition coefficient (Wildman–Crippen LogP) is 5.33. The number of aliphatic hydroxyl groups is 1. The van der Waals surface area contributed by atoms with Gasteiger partial charge in [-0.25, -0.2) is 4.79 Å². The fourth-order valence-electron chi connectivity index (χ4n) is 5.61. The molecule has 9 nitrogen and oxygen atoms in total. The molecule has 9 heteroatoms. The van der Waals surface area contributed by atoms with Crippen LogP contribution in [-0.4, -0.2) is 71.6 Å². The van der Waals surface area contributed by atoms with Crippen LogP contribution in [0.4, 0.5) is 16.2 Å². The lowest BCUT2D eigenvalue weighted by atomic mass is 10.0. The zero-order valence-electron chi connectivity index (χ0n) is 25.9. The molecule has 4 amide bonds. The van der Waals surface area contributed by atoms with Crippen LogP contribution >= 0.6 is 0 Å². The van der Waals surface area contributed by atoms with Crippen LogP contribution in [0, 0.1) is 5.92 Å². The van der Waals surface area contributed by atoms with E-state index in [9.17, 15) is 19.5 Å². The molecule has 0 saturated heterocycles. The van der Waals surface area contributed by atoms with Crippen molar-refractivity contribution in [3.8, 4) is 5.75 Å². The summed E-state index contributed by atoms with van der Waals surface area (Å²) >= 11 is 0. The number of nitrogens with one attached hydrogen (secondary N) is 2. The molecule has 0 saturated carbocycles. The van der Waals surface area contributed by atoms with Gasteiger partial charge in [-0.1, -0.05) is 73.7 Å². The highest BCUT2D eigenvalue weighted by Gasteiger charge is 2.32. The van der Waals surface area contributed by atoms with E-state index in [1.807, 2.05) is 86.6 Å². The van der Waals surface area contributed by atoms with Gasteiger partial charge in [0.1, 0.15) is 11.9 Å². The van der Waals surface area contributed by atoms with E-state index in [1.165, 1.54) is 0 Å². The molecule has 0 radical (unpaired) electrons. The SMILES string of the molecule is C[C@@H]1CN([C@H](C)CO)C(=O)Cc2cc(NC(=O)Cc3ccccc3)ccc2O[C@@H]1CN(C)C(=O)Nc1cccc2ccccc12. The molecular weight excluding hydrogens is 568 g/mol. The zero-order chi connectivity index (χ0) is 31.9. The van der Waals surface area contributed by atoms with E-state index in [0.29, 0.717) is 29.2 Å². The molecule has 0 aromatic heterocycles.